The van der Waals surface area contributed by atoms with Crippen molar-refractivity contribution in [1.82, 2.24) is 0 Å². The summed E-state index contributed by atoms with van der Waals surface area (Å²) in [7, 11) is -3.74. The number of benzene rings is 2. The molecule has 1 atom stereocenters. The first-order chi connectivity index (χ1) is 9.91. The van der Waals surface area contributed by atoms with Gasteiger partial charge in [0.05, 0.1) is 22.3 Å². The molecule has 0 heterocycles. The molecular weight excluding hydrogens is 286 g/mol. The fourth-order valence-electron chi connectivity index (χ4n) is 2.13. The fraction of sp³-hybridized carbons (Fsp3) is 0.200. The second-order valence-electron chi connectivity index (χ2n) is 4.81. The Morgan fingerprint density at radius 2 is 1.81 bits per heavy atom. The van der Waals surface area contributed by atoms with Gasteiger partial charge in [0.1, 0.15) is 0 Å². The molecule has 0 spiro atoms. The number of nitrogen functional groups attached to an aromatic ring is 1. The monoisotopic (exact) mass is 305 g/mol. The predicted molar refractivity (Wildman–Crippen MR) is 85.3 cm³/mol. The third-order valence-corrected chi connectivity index (χ3v) is 4.20. The predicted octanol–water partition coefficient (Wildman–Crippen LogP) is 2.48. The third kappa shape index (κ3) is 3.74. The molecule has 0 saturated carbocycles. The fourth-order valence-corrected chi connectivity index (χ4v) is 2.67. The number of rotatable bonds is 5. The zero-order chi connectivity index (χ0) is 15.5. The van der Waals surface area contributed by atoms with Crippen molar-refractivity contribution in [2.45, 2.75) is 24.3 Å². The summed E-state index contributed by atoms with van der Waals surface area (Å²) < 4.78 is 22.9. The van der Waals surface area contributed by atoms with Crippen LogP contribution in [-0.2, 0) is 10.0 Å². The lowest BCUT2D eigenvalue weighted by Crippen LogP contribution is -2.15. The zero-order valence-corrected chi connectivity index (χ0v) is 12.6. The van der Waals surface area contributed by atoms with Gasteiger partial charge in [0.25, 0.3) is 0 Å². The molecule has 0 fully saturated rings. The van der Waals surface area contributed by atoms with Crippen molar-refractivity contribution in [3.05, 3.63) is 54.1 Å². The van der Waals surface area contributed by atoms with Crippen molar-refractivity contribution in [3.8, 4) is 0 Å². The Kier molecular flexibility index (Phi) is 4.50. The highest BCUT2D eigenvalue weighted by atomic mass is 32.2. The molecule has 0 saturated heterocycles. The van der Waals surface area contributed by atoms with Crippen LogP contribution in [0, 0.1) is 0 Å². The van der Waals surface area contributed by atoms with E-state index in [4.69, 9.17) is 10.9 Å². The Morgan fingerprint density at radius 3 is 2.38 bits per heavy atom. The van der Waals surface area contributed by atoms with Crippen LogP contribution >= 0.6 is 0 Å². The molecule has 0 radical (unpaired) electrons. The first-order valence-corrected chi connectivity index (χ1v) is 8.20. The number of anilines is 2. The number of hydrogen-bond acceptors (Lipinski definition) is 4. The molecule has 5 nitrogen and oxygen atoms in total. The summed E-state index contributed by atoms with van der Waals surface area (Å²) in [5.41, 5.74) is 8.08. The lowest BCUT2D eigenvalue weighted by Gasteiger charge is -2.20. The number of nitrogens with two attached hydrogens (primary N) is 2. The van der Waals surface area contributed by atoms with Crippen molar-refractivity contribution in [3.63, 3.8) is 0 Å². The lowest BCUT2D eigenvalue weighted by molar-refractivity contribution is 0.598. The molecule has 0 aromatic heterocycles. The normalized spacial score (nSPS) is 12.9. The minimum atomic E-state index is -3.74. The molecule has 2 aromatic carbocycles. The Morgan fingerprint density at radius 1 is 1.14 bits per heavy atom. The Bertz CT molecular complexity index is 715. The van der Waals surface area contributed by atoms with Crippen LogP contribution in [0.1, 0.15) is 24.9 Å². The second-order valence-corrected chi connectivity index (χ2v) is 6.37. The van der Waals surface area contributed by atoms with E-state index in [0.29, 0.717) is 11.4 Å². The minimum Gasteiger partial charge on any atom is -0.397 e. The van der Waals surface area contributed by atoms with Crippen LogP contribution in [0.3, 0.4) is 0 Å². The van der Waals surface area contributed by atoms with Gasteiger partial charge in [0, 0.05) is 0 Å². The third-order valence-electron chi connectivity index (χ3n) is 3.29. The molecule has 112 valence electrons. The molecule has 0 aliphatic heterocycles. The molecule has 1 unspecified atom stereocenters. The molecule has 0 bridgehead atoms. The van der Waals surface area contributed by atoms with E-state index >= 15 is 0 Å². The van der Waals surface area contributed by atoms with Gasteiger partial charge in [-0.25, -0.2) is 13.6 Å². The summed E-state index contributed by atoms with van der Waals surface area (Å²) in [6.07, 6.45) is 0.836. The van der Waals surface area contributed by atoms with Gasteiger partial charge in [-0.15, -0.1) is 0 Å². The Labute approximate surface area is 125 Å². The van der Waals surface area contributed by atoms with E-state index in [-0.39, 0.29) is 10.9 Å². The zero-order valence-electron chi connectivity index (χ0n) is 11.8. The smallest absolute Gasteiger partial charge is 0.238 e. The van der Waals surface area contributed by atoms with E-state index in [1.807, 2.05) is 37.3 Å². The van der Waals surface area contributed by atoms with Gasteiger partial charge in [-0.2, -0.15) is 0 Å². The first-order valence-electron chi connectivity index (χ1n) is 6.65. The summed E-state index contributed by atoms with van der Waals surface area (Å²) in [4.78, 5) is 0.0436. The van der Waals surface area contributed by atoms with Crippen LogP contribution in [0.5, 0.6) is 0 Å². The average Bonchev–Trinajstić information content (AvgIpc) is 2.46. The number of nitrogens with one attached hydrogen (secondary N) is 1. The Balaban J connectivity index is 2.34. The van der Waals surface area contributed by atoms with Gasteiger partial charge in [-0.3, -0.25) is 0 Å². The number of hydrogen-bond donors (Lipinski definition) is 3. The first kappa shape index (κ1) is 15.3. The van der Waals surface area contributed by atoms with E-state index in [9.17, 15) is 8.42 Å². The van der Waals surface area contributed by atoms with Crippen molar-refractivity contribution in [2.24, 2.45) is 5.14 Å². The van der Waals surface area contributed by atoms with Crippen LogP contribution in [0.2, 0.25) is 0 Å². The quantitative estimate of drug-likeness (QED) is 0.739. The highest BCUT2D eigenvalue weighted by Crippen LogP contribution is 2.28. The molecule has 0 aliphatic carbocycles. The average molecular weight is 305 g/mol. The maximum absolute atomic E-state index is 11.4. The molecular formula is C15H19N3O2S. The van der Waals surface area contributed by atoms with E-state index in [1.165, 1.54) is 12.1 Å². The van der Waals surface area contributed by atoms with E-state index in [0.717, 1.165) is 12.0 Å². The molecule has 21 heavy (non-hydrogen) atoms. The number of sulfonamides is 1. The maximum atomic E-state index is 11.4. The van der Waals surface area contributed by atoms with Gasteiger partial charge in [-0.05, 0) is 30.2 Å². The summed E-state index contributed by atoms with van der Waals surface area (Å²) >= 11 is 0. The van der Waals surface area contributed by atoms with Crippen molar-refractivity contribution < 1.29 is 8.42 Å². The highest BCUT2D eigenvalue weighted by Gasteiger charge is 2.14. The molecule has 5 N–H and O–H groups in total. The van der Waals surface area contributed by atoms with Gasteiger partial charge >= 0.3 is 0 Å². The minimum absolute atomic E-state index is 0.0436. The van der Waals surface area contributed by atoms with Crippen LogP contribution in [0.15, 0.2) is 53.4 Å². The van der Waals surface area contributed by atoms with Crippen LogP contribution in [-0.4, -0.2) is 8.42 Å². The van der Waals surface area contributed by atoms with Gasteiger partial charge < -0.3 is 11.1 Å². The van der Waals surface area contributed by atoms with E-state index in [2.05, 4.69) is 5.32 Å². The Hall–Kier alpha value is -2.05. The van der Waals surface area contributed by atoms with Gasteiger partial charge in [0.15, 0.2) is 0 Å². The summed E-state index contributed by atoms with van der Waals surface area (Å²) in [5, 5.41) is 8.43. The molecule has 0 amide bonds. The van der Waals surface area contributed by atoms with Crippen LogP contribution < -0.4 is 16.2 Å². The van der Waals surface area contributed by atoms with Gasteiger partial charge in [-0.1, -0.05) is 37.3 Å². The van der Waals surface area contributed by atoms with Crippen molar-refractivity contribution >= 4 is 21.4 Å². The van der Waals surface area contributed by atoms with Crippen LogP contribution in [0.4, 0.5) is 11.4 Å². The highest BCUT2D eigenvalue weighted by molar-refractivity contribution is 7.89. The van der Waals surface area contributed by atoms with Crippen molar-refractivity contribution in [2.75, 3.05) is 11.1 Å². The summed E-state index contributed by atoms with van der Waals surface area (Å²) in [6, 6.07) is 14.4. The SMILES string of the molecule is CCC(Nc1cc(S(N)(=O)=O)ccc1N)c1ccccc1. The molecule has 0 aliphatic rings. The topological polar surface area (TPSA) is 98.2 Å². The van der Waals surface area contributed by atoms with E-state index in [1.54, 1.807) is 6.07 Å². The van der Waals surface area contributed by atoms with E-state index < -0.39 is 10.0 Å². The summed E-state index contributed by atoms with van der Waals surface area (Å²) in [5.74, 6) is 0. The van der Waals surface area contributed by atoms with Gasteiger partial charge in [0.2, 0.25) is 10.0 Å². The van der Waals surface area contributed by atoms with Crippen molar-refractivity contribution in [1.29, 1.82) is 0 Å². The largest absolute Gasteiger partial charge is 0.397 e. The molecule has 6 heteroatoms. The second kappa shape index (κ2) is 6.15. The maximum Gasteiger partial charge on any atom is 0.238 e. The standard InChI is InChI=1S/C15H19N3O2S/c1-2-14(11-6-4-3-5-7-11)18-15-10-12(21(17,19)20)8-9-13(15)16/h3-10,14,18H,2,16H2,1H3,(H2,17,19,20). The lowest BCUT2D eigenvalue weighted by atomic mass is 10.0. The summed E-state index contributed by atoms with van der Waals surface area (Å²) in [6.45, 7) is 2.05. The molecule has 2 rings (SSSR count). The number of primary sulfonamides is 1. The van der Waals surface area contributed by atoms with Crippen LogP contribution in [0.25, 0.3) is 0 Å². The molecule has 2 aromatic rings.